The molecule has 0 amide bonds. The number of hydrogen-bond acceptors (Lipinski definition) is 2. The van der Waals surface area contributed by atoms with E-state index in [-0.39, 0.29) is 0 Å². The van der Waals surface area contributed by atoms with Crippen molar-refractivity contribution in [2.45, 2.75) is 12.8 Å². The van der Waals surface area contributed by atoms with E-state index in [0.29, 0.717) is 25.6 Å². The van der Waals surface area contributed by atoms with E-state index in [1.807, 2.05) is 0 Å². The Morgan fingerprint density at radius 1 is 1.55 bits per heavy atom. The van der Waals surface area contributed by atoms with Gasteiger partial charge in [-0.2, -0.15) is 0 Å². The molecule has 0 aromatic heterocycles. The van der Waals surface area contributed by atoms with E-state index in [4.69, 9.17) is 10.3 Å². The maximum atomic E-state index is 10.6. The van der Waals surface area contributed by atoms with Gasteiger partial charge in [-0.3, -0.25) is 4.55 Å². The van der Waals surface area contributed by atoms with Crippen LogP contribution in [0.25, 0.3) is 0 Å². The molecule has 0 spiro atoms. The van der Waals surface area contributed by atoms with Gasteiger partial charge < -0.3 is 5.73 Å². The smallest absolute Gasteiger partial charge is 0.234 e. The van der Waals surface area contributed by atoms with Gasteiger partial charge in [0.25, 0.3) is 0 Å². The summed E-state index contributed by atoms with van der Waals surface area (Å²) in [6.45, 7) is 2.10. The van der Waals surface area contributed by atoms with E-state index in [1.54, 1.807) is 4.31 Å². The molecule has 0 bridgehead atoms. The number of hydrogen-bond donors (Lipinski definition) is 2. The zero-order valence-electron chi connectivity index (χ0n) is 6.40. The summed E-state index contributed by atoms with van der Waals surface area (Å²) in [5.41, 5.74) is 5.47. The highest BCUT2D eigenvalue weighted by atomic mass is 32.2. The minimum atomic E-state index is -1.78. The molecule has 1 saturated heterocycles. The van der Waals surface area contributed by atoms with Gasteiger partial charge in [-0.15, -0.1) is 0 Å². The highest BCUT2D eigenvalue weighted by Gasteiger charge is 2.20. The zero-order chi connectivity index (χ0) is 8.27. The quantitative estimate of drug-likeness (QED) is 0.575. The van der Waals surface area contributed by atoms with Crippen molar-refractivity contribution in [2.75, 3.05) is 19.6 Å². The Balaban J connectivity index is 2.30. The van der Waals surface area contributed by atoms with E-state index in [2.05, 4.69) is 0 Å². The number of nitrogens with zero attached hydrogens (tertiary/aromatic N) is 1. The Hall–Kier alpha value is 0.0300. The second kappa shape index (κ2) is 4.15. The third-order valence-corrected chi connectivity index (χ3v) is 2.93. The number of piperidine rings is 1. The normalized spacial score (nSPS) is 25.3. The third kappa shape index (κ3) is 2.52. The summed E-state index contributed by atoms with van der Waals surface area (Å²) in [6, 6.07) is 0. The SMILES string of the molecule is NCC1CCN(S(=O)O)CC1. The molecule has 0 aromatic rings. The van der Waals surface area contributed by atoms with Gasteiger partial charge in [0.1, 0.15) is 0 Å². The van der Waals surface area contributed by atoms with Crippen molar-refractivity contribution in [3.63, 3.8) is 0 Å². The zero-order valence-corrected chi connectivity index (χ0v) is 7.22. The summed E-state index contributed by atoms with van der Waals surface area (Å²) in [7, 11) is 0. The van der Waals surface area contributed by atoms with Crippen LogP contribution in [-0.2, 0) is 11.3 Å². The molecule has 0 saturated carbocycles. The lowest BCUT2D eigenvalue weighted by atomic mass is 9.99. The Morgan fingerprint density at radius 3 is 2.45 bits per heavy atom. The lowest BCUT2D eigenvalue weighted by Gasteiger charge is -2.27. The molecular formula is C6H14N2O2S. The summed E-state index contributed by atoms with van der Waals surface area (Å²) < 4.78 is 20.8. The van der Waals surface area contributed by atoms with Gasteiger partial charge in [-0.05, 0) is 25.3 Å². The van der Waals surface area contributed by atoms with E-state index >= 15 is 0 Å². The van der Waals surface area contributed by atoms with Crippen LogP contribution in [0, 0.1) is 5.92 Å². The van der Waals surface area contributed by atoms with Crippen LogP contribution in [-0.4, -0.2) is 32.7 Å². The van der Waals surface area contributed by atoms with Crippen LogP contribution in [0.4, 0.5) is 0 Å². The van der Waals surface area contributed by atoms with Crippen molar-refractivity contribution in [1.29, 1.82) is 0 Å². The summed E-state index contributed by atoms with van der Waals surface area (Å²) in [5.74, 6) is 0.551. The molecule has 1 aliphatic rings. The van der Waals surface area contributed by atoms with Gasteiger partial charge >= 0.3 is 0 Å². The van der Waals surface area contributed by atoms with Gasteiger partial charge in [-0.1, -0.05) is 0 Å². The van der Waals surface area contributed by atoms with Crippen molar-refractivity contribution in [2.24, 2.45) is 11.7 Å². The highest BCUT2D eigenvalue weighted by Crippen LogP contribution is 2.15. The van der Waals surface area contributed by atoms with Gasteiger partial charge in [0, 0.05) is 13.1 Å². The molecule has 1 rings (SSSR count). The van der Waals surface area contributed by atoms with Crippen LogP contribution in [0.2, 0.25) is 0 Å². The molecule has 0 aliphatic carbocycles. The predicted octanol–water partition coefficient (Wildman–Crippen LogP) is -0.206. The molecule has 4 nitrogen and oxygen atoms in total. The molecule has 1 heterocycles. The van der Waals surface area contributed by atoms with Crippen molar-refractivity contribution in [1.82, 2.24) is 4.31 Å². The topological polar surface area (TPSA) is 66.6 Å². The maximum Gasteiger partial charge on any atom is 0.234 e. The monoisotopic (exact) mass is 178 g/mol. The first kappa shape index (κ1) is 9.12. The predicted molar refractivity (Wildman–Crippen MR) is 44.1 cm³/mol. The Morgan fingerprint density at radius 2 is 2.09 bits per heavy atom. The van der Waals surface area contributed by atoms with E-state index in [9.17, 15) is 4.21 Å². The van der Waals surface area contributed by atoms with E-state index in [1.165, 1.54) is 0 Å². The molecule has 1 aliphatic heterocycles. The van der Waals surface area contributed by atoms with Gasteiger partial charge in [-0.25, -0.2) is 8.51 Å². The van der Waals surface area contributed by atoms with Crippen molar-refractivity contribution in [3.8, 4) is 0 Å². The lowest BCUT2D eigenvalue weighted by molar-refractivity contribution is 0.274. The third-order valence-electron chi connectivity index (χ3n) is 2.13. The molecule has 0 radical (unpaired) electrons. The van der Waals surface area contributed by atoms with Gasteiger partial charge in [0.05, 0.1) is 0 Å². The summed E-state index contributed by atoms with van der Waals surface area (Å²) in [6.07, 6.45) is 1.89. The molecule has 3 N–H and O–H groups in total. The first-order valence-electron chi connectivity index (χ1n) is 3.80. The largest absolute Gasteiger partial charge is 0.330 e. The van der Waals surface area contributed by atoms with E-state index in [0.717, 1.165) is 12.8 Å². The summed E-state index contributed by atoms with van der Waals surface area (Å²) in [4.78, 5) is 0. The Kier molecular flexibility index (Phi) is 3.45. The fraction of sp³-hybridized carbons (Fsp3) is 1.00. The fourth-order valence-electron chi connectivity index (χ4n) is 1.30. The molecule has 66 valence electrons. The molecule has 0 aromatic carbocycles. The summed E-state index contributed by atoms with van der Waals surface area (Å²) >= 11 is -1.78. The van der Waals surface area contributed by atoms with Crippen LogP contribution in [0.1, 0.15) is 12.8 Å². The molecule has 1 atom stereocenters. The molecule has 5 heteroatoms. The fourth-order valence-corrected chi connectivity index (χ4v) is 1.82. The average Bonchev–Trinajstić information content (AvgIpc) is 2.05. The van der Waals surface area contributed by atoms with Crippen LogP contribution >= 0.6 is 0 Å². The minimum absolute atomic E-state index is 0.551. The van der Waals surface area contributed by atoms with Gasteiger partial charge in [0.2, 0.25) is 11.3 Å². The molecule has 1 fully saturated rings. The van der Waals surface area contributed by atoms with Crippen molar-refractivity contribution in [3.05, 3.63) is 0 Å². The Bertz CT molecular complexity index is 146. The molecular weight excluding hydrogens is 164 g/mol. The first-order chi connectivity index (χ1) is 5.24. The maximum absolute atomic E-state index is 10.6. The van der Waals surface area contributed by atoms with E-state index < -0.39 is 11.3 Å². The minimum Gasteiger partial charge on any atom is -0.330 e. The van der Waals surface area contributed by atoms with Crippen LogP contribution in [0.3, 0.4) is 0 Å². The Labute approximate surface area is 69.2 Å². The number of nitrogens with two attached hydrogens (primary N) is 1. The van der Waals surface area contributed by atoms with Crippen LogP contribution in [0.5, 0.6) is 0 Å². The molecule has 11 heavy (non-hydrogen) atoms. The van der Waals surface area contributed by atoms with Crippen molar-refractivity contribution < 1.29 is 8.76 Å². The second-order valence-corrected chi connectivity index (χ2v) is 3.82. The first-order valence-corrected chi connectivity index (χ1v) is 4.86. The average molecular weight is 178 g/mol. The number of rotatable bonds is 2. The molecule has 1 unspecified atom stereocenters. The van der Waals surface area contributed by atoms with Gasteiger partial charge in [0.15, 0.2) is 0 Å². The highest BCUT2D eigenvalue weighted by molar-refractivity contribution is 7.76. The second-order valence-electron chi connectivity index (χ2n) is 2.84. The van der Waals surface area contributed by atoms with Crippen LogP contribution in [0.15, 0.2) is 0 Å². The standard InChI is InChI=1S/C6H14N2O2S/c7-5-6-1-3-8(4-2-6)11(9)10/h6H,1-5,7H2,(H,9,10). The van der Waals surface area contributed by atoms with Crippen LogP contribution < -0.4 is 5.73 Å². The lowest BCUT2D eigenvalue weighted by Crippen LogP contribution is -2.36. The summed E-state index contributed by atoms with van der Waals surface area (Å²) in [5, 5.41) is 0. The van der Waals surface area contributed by atoms with Crippen molar-refractivity contribution >= 4 is 11.3 Å².